The Morgan fingerprint density at radius 2 is 1.04 bits per heavy atom. The fraction of sp³-hybridized carbons (Fsp3) is 0.550. The molecule has 1 fully saturated rings. The Labute approximate surface area is 317 Å². The lowest BCUT2D eigenvalue weighted by Crippen LogP contribution is -2.64. The first-order chi connectivity index (χ1) is 25.5. The van der Waals surface area contributed by atoms with Crippen molar-refractivity contribution in [3.05, 3.63) is 41.5 Å². The van der Waals surface area contributed by atoms with Crippen molar-refractivity contribution in [3.63, 3.8) is 0 Å². The number of esters is 4. The summed E-state index contributed by atoms with van der Waals surface area (Å²) in [4.78, 5) is 52.1. The molecule has 1 saturated heterocycles. The minimum Gasteiger partial charge on any atom is -0.493 e. The van der Waals surface area contributed by atoms with Crippen molar-refractivity contribution >= 4 is 36.0 Å². The predicted octanol–water partition coefficient (Wildman–Crippen LogP) is 5.90. The molecule has 1 heterocycles. The highest BCUT2D eigenvalue weighted by Crippen LogP contribution is 2.39. The number of hydrogen-bond donors (Lipinski definition) is 0. The van der Waals surface area contributed by atoms with Gasteiger partial charge in [0.1, 0.15) is 12.7 Å². The normalized spacial score (nSPS) is 19.8. The zero-order chi connectivity index (χ0) is 40.3. The predicted molar refractivity (Wildman–Crippen MR) is 197 cm³/mol. The van der Waals surface area contributed by atoms with Gasteiger partial charge in [-0.05, 0) is 35.4 Å². The van der Waals surface area contributed by atoms with Crippen LogP contribution in [0.4, 0.5) is 0 Å². The summed E-state index contributed by atoms with van der Waals surface area (Å²) < 4.78 is 58.1. The first-order valence-electron chi connectivity index (χ1n) is 17.8. The number of rotatable bonds is 17. The Bertz CT molecular complexity index is 1600. The van der Waals surface area contributed by atoms with E-state index in [9.17, 15) is 19.2 Å². The molecule has 0 bridgehead atoms. The van der Waals surface area contributed by atoms with Crippen molar-refractivity contribution in [1.82, 2.24) is 0 Å². The van der Waals surface area contributed by atoms with Gasteiger partial charge in [0, 0.05) is 0 Å². The number of ether oxygens (including phenoxy) is 10. The van der Waals surface area contributed by atoms with Crippen LogP contribution in [0.1, 0.15) is 66.5 Å². The molecule has 2 aromatic rings. The van der Waals surface area contributed by atoms with Gasteiger partial charge in [0.15, 0.2) is 35.2 Å². The van der Waals surface area contributed by atoms with E-state index in [1.165, 1.54) is 28.4 Å². The van der Waals surface area contributed by atoms with Gasteiger partial charge < -0.3 is 47.4 Å². The molecule has 0 amide bonds. The maximum Gasteiger partial charge on any atom is 0.309 e. The van der Waals surface area contributed by atoms with Crippen LogP contribution in [-0.2, 0) is 42.9 Å². The van der Waals surface area contributed by atoms with E-state index in [0.717, 1.165) is 5.56 Å². The second-order valence-corrected chi connectivity index (χ2v) is 13.8. The first kappa shape index (κ1) is 43.4. The minimum atomic E-state index is -1.47. The van der Waals surface area contributed by atoms with Gasteiger partial charge in [0.25, 0.3) is 0 Å². The van der Waals surface area contributed by atoms with Crippen molar-refractivity contribution in [2.24, 2.45) is 23.7 Å². The molecule has 298 valence electrons. The van der Waals surface area contributed by atoms with Crippen LogP contribution in [0.2, 0.25) is 0 Å². The third-order valence-electron chi connectivity index (χ3n) is 8.21. The number of methoxy groups -OCH3 is 4. The summed E-state index contributed by atoms with van der Waals surface area (Å²) in [6.07, 6.45) is -3.29. The average molecular weight is 759 g/mol. The van der Waals surface area contributed by atoms with E-state index in [1.807, 2.05) is 12.2 Å². The van der Waals surface area contributed by atoms with Crippen molar-refractivity contribution in [2.75, 3.05) is 35.0 Å². The molecule has 0 spiro atoms. The topological polar surface area (TPSA) is 161 Å². The molecule has 1 aliphatic rings. The van der Waals surface area contributed by atoms with Crippen molar-refractivity contribution in [2.45, 2.75) is 86.1 Å². The Morgan fingerprint density at radius 1 is 0.574 bits per heavy atom. The Hall–Kier alpha value is -4.98. The van der Waals surface area contributed by atoms with E-state index in [0.29, 0.717) is 28.6 Å². The van der Waals surface area contributed by atoms with E-state index < -0.39 is 84.9 Å². The molecule has 5 atom stereocenters. The van der Waals surface area contributed by atoms with Gasteiger partial charge in [0.05, 0.1) is 52.1 Å². The molecule has 2 aromatic carbocycles. The van der Waals surface area contributed by atoms with Gasteiger partial charge in [-0.15, -0.1) is 0 Å². The van der Waals surface area contributed by atoms with Gasteiger partial charge >= 0.3 is 23.9 Å². The zero-order valence-corrected chi connectivity index (χ0v) is 33.2. The zero-order valence-electron chi connectivity index (χ0n) is 33.2. The van der Waals surface area contributed by atoms with Crippen molar-refractivity contribution < 1.29 is 66.5 Å². The molecule has 14 nitrogen and oxygen atoms in total. The fourth-order valence-electron chi connectivity index (χ4n) is 5.05. The molecular weight excluding hydrogens is 704 g/mol. The molecule has 0 unspecified atom stereocenters. The lowest BCUT2D eigenvalue weighted by atomic mass is 9.97. The summed E-state index contributed by atoms with van der Waals surface area (Å²) in [5, 5.41) is 0. The average Bonchev–Trinajstić information content (AvgIpc) is 3.14. The van der Waals surface area contributed by atoms with Crippen LogP contribution in [0.25, 0.3) is 12.2 Å². The third kappa shape index (κ3) is 11.3. The van der Waals surface area contributed by atoms with Crippen LogP contribution in [-0.4, -0.2) is 89.6 Å². The van der Waals surface area contributed by atoms with Crippen molar-refractivity contribution in [1.29, 1.82) is 0 Å². The second kappa shape index (κ2) is 19.9. The lowest BCUT2D eigenvalue weighted by molar-refractivity contribution is -0.291. The summed E-state index contributed by atoms with van der Waals surface area (Å²) >= 11 is 0. The van der Waals surface area contributed by atoms with E-state index >= 15 is 0 Å². The minimum absolute atomic E-state index is 0.171. The number of hydrogen-bond acceptors (Lipinski definition) is 14. The van der Waals surface area contributed by atoms with Crippen LogP contribution < -0.4 is 23.7 Å². The largest absolute Gasteiger partial charge is 0.493 e. The number of carbonyl (C=O) groups excluding carboxylic acids is 4. The standard InChI is InChI=1S/C40H54O14/c1-21(2)36(41)49-20-31-33(52-37(42)22(3)4)34(53-38(43)23(5)6)35(54-39(44)24(7)8)40(51-31)50-28-17-25(15-16-27(28)45-9)13-14-26-18-29(46-10)32(48-12)30(19-26)47-11/h13-19,21-24,31,33-35,40H,20H2,1-12H3/b14-13-/t31-,33-,34+,35-,40-/m1/s1. The fourth-order valence-corrected chi connectivity index (χ4v) is 5.05. The van der Waals surface area contributed by atoms with Crippen LogP contribution in [0.15, 0.2) is 30.3 Å². The second-order valence-electron chi connectivity index (χ2n) is 13.8. The molecule has 1 aliphatic heterocycles. The Balaban J connectivity index is 2.15. The van der Waals surface area contributed by atoms with Crippen LogP contribution in [0, 0.1) is 23.7 Å². The number of carbonyl (C=O) groups is 4. The summed E-state index contributed by atoms with van der Waals surface area (Å²) in [7, 11) is 6.03. The summed E-state index contributed by atoms with van der Waals surface area (Å²) in [6.45, 7) is 12.7. The molecule has 0 aliphatic carbocycles. The maximum atomic E-state index is 13.2. The Kier molecular flexibility index (Phi) is 16.0. The van der Waals surface area contributed by atoms with Crippen LogP contribution in [0.5, 0.6) is 28.7 Å². The van der Waals surface area contributed by atoms with E-state index in [4.69, 9.17) is 47.4 Å². The van der Waals surface area contributed by atoms with Crippen molar-refractivity contribution in [3.8, 4) is 28.7 Å². The summed E-state index contributed by atoms with van der Waals surface area (Å²) in [5.41, 5.74) is 1.41. The quantitative estimate of drug-likeness (QED) is 0.107. The third-order valence-corrected chi connectivity index (χ3v) is 8.21. The highest BCUT2D eigenvalue weighted by molar-refractivity contribution is 5.75. The molecule has 0 radical (unpaired) electrons. The molecule has 0 aromatic heterocycles. The van der Waals surface area contributed by atoms with E-state index in [-0.39, 0.29) is 5.75 Å². The first-order valence-corrected chi connectivity index (χ1v) is 17.8. The van der Waals surface area contributed by atoms with Gasteiger partial charge in [-0.1, -0.05) is 73.6 Å². The molecule has 14 heteroatoms. The maximum absolute atomic E-state index is 13.2. The highest BCUT2D eigenvalue weighted by atomic mass is 16.7. The summed E-state index contributed by atoms with van der Waals surface area (Å²) in [5.74, 6) is -2.91. The van der Waals surface area contributed by atoms with Gasteiger partial charge in [-0.25, -0.2) is 0 Å². The Morgan fingerprint density at radius 3 is 1.52 bits per heavy atom. The number of benzene rings is 2. The molecular formula is C40H54O14. The molecule has 0 N–H and O–H groups in total. The molecule has 54 heavy (non-hydrogen) atoms. The summed E-state index contributed by atoms with van der Waals surface area (Å²) in [6, 6.07) is 8.71. The molecule has 3 rings (SSSR count). The van der Waals surface area contributed by atoms with E-state index in [2.05, 4.69) is 0 Å². The van der Waals surface area contributed by atoms with E-state index in [1.54, 1.807) is 85.7 Å². The highest BCUT2D eigenvalue weighted by Gasteiger charge is 2.54. The van der Waals surface area contributed by atoms with Gasteiger partial charge in [0.2, 0.25) is 18.1 Å². The van der Waals surface area contributed by atoms with Gasteiger partial charge in [-0.2, -0.15) is 0 Å². The van der Waals surface area contributed by atoms with Crippen LogP contribution >= 0.6 is 0 Å². The lowest BCUT2D eigenvalue weighted by Gasteiger charge is -2.44. The smallest absolute Gasteiger partial charge is 0.309 e. The monoisotopic (exact) mass is 758 g/mol. The van der Waals surface area contributed by atoms with Crippen LogP contribution in [0.3, 0.4) is 0 Å². The van der Waals surface area contributed by atoms with Gasteiger partial charge in [-0.3, -0.25) is 19.2 Å². The SMILES string of the molecule is COc1ccc(/C=C\c2cc(OC)c(OC)c(OC)c2)cc1O[C@@H]1O[C@H](COC(=O)C(C)C)[C@@H](OC(=O)C(C)C)[C@H](OC(=O)C(C)C)[C@H]1OC(=O)C(C)C. The molecule has 0 saturated carbocycles.